The number of rotatable bonds is 62. The highest BCUT2D eigenvalue weighted by molar-refractivity contribution is 5.82. The molecular weight excluding hydrogens is 1220 g/mol. The zero-order chi connectivity index (χ0) is 73.2. The lowest BCUT2D eigenvalue weighted by Gasteiger charge is -2.35. The van der Waals surface area contributed by atoms with Gasteiger partial charge in [-0.2, -0.15) is 0 Å². The summed E-state index contributed by atoms with van der Waals surface area (Å²) in [6, 6.07) is 15.4. The van der Waals surface area contributed by atoms with Gasteiger partial charge in [0.2, 0.25) is 0 Å². The molecule has 99 heavy (non-hydrogen) atoms. The molecule has 0 saturated heterocycles. The molecule has 0 unspecified atom stereocenters. The summed E-state index contributed by atoms with van der Waals surface area (Å²) in [6.07, 6.45) is 27.8. The number of benzene rings is 2. The van der Waals surface area contributed by atoms with Crippen molar-refractivity contribution < 1.29 is 0 Å². The van der Waals surface area contributed by atoms with E-state index in [1.807, 2.05) is 0 Å². The van der Waals surface area contributed by atoms with Crippen molar-refractivity contribution in [1.29, 1.82) is 0 Å². The van der Waals surface area contributed by atoms with Crippen molar-refractivity contribution in [3.63, 3.8) is 0 Å². The van der Waals surface area contributed by atoms with Crippen LogP contribution in [-0.4, -0.2) is 352 Å². The molecule has 14 heteroatoms. The lowest BCUT2D eigenvalue weighted by atomic mass is 9.69. The van der Waals surface area contributed by atoms with Crippen LogP contribution in [0.3, 0.4) is 0 Å². The Kier molecular flexibility index (Phi) is 47.1. The van der Waals surface area contributed by atoms with E-state index >= 15 is 0 Å². The molecule has 1 aliphatic rings. The molecule has 0 aliphatic heterocycles. The van der Waals surface area contributed by atoms with Gasteiger partial charge in [0.1, 0.15) is 0 Å². The number of nitrogens with zero attached hydrogens (tertiary/aromatic N) is 14. The lowest BCUT2D eigenvalue weighted by Crippen LogP contribution is -2.36. The van der Waals surface area contributed by atoms with E-state index in [4.69, 9.17) is 0 Å². The van der Waals surface area contributed by atoms with E-state index in [1.54, 1.807) is 11.1 Å². The van der Waals surface area contributed by atoms with Crippen LogP contribution in [-0.2, 0) is 16.2 Å². The van der Waals surface area contributed by atoms with Crippen molar-refractivity contribution in [2.75, 3.05) is 283 Å². The van der Waals surface area contributed by atoms with Gasteiger partial charge in [-0.3, -0.25) is 0 Å². The molecule has 2 aromatic rings. The Bertz CT molecular complexity index is 2000. The highest BCUT2D eigenvalue weighted by Gasteiger charge is 2.43. The Hall–Kier alpha value is -2.12. The summed E-state index contributed by atoms with van der Waals surface area (Å²) in [5.41, 5.74) is 9.47. The Morgan fingerprint density at radius 3 is 0.566 bits per heavy atom. The van der Waals surface area contributed by atoms with E-state index in [0.717, 1.165) is 52.4 Å². The first-order valence-electron chi connectivity index (χ1n) is 40.8. The fourth-order valence-corrected chi connectivity index (χ4v) is 15.3. The van der Waals surface area contributed by atoms with Crippen LogP contribution in [0, 0.1) is 0 Å². The van der Waals surface area contributed by atoms with Crippen LogP contribution in [0.25, 0.3) is 11.1 Å². The molecule has 0 saturated carbocycles. The minimum Gasteiger partial charge on any atom is -0.309 e. The zero-order valence-corrected chi connectivity index (χ0v) is 70.2. The molecule has 3 rings (SSSR count). The van der Waals surface area contributed by atoms with Gasteiger partial charge in [-0.15, -0.1) is 0 Å². The minimum atomic E-state index is 0.0249. The summed E-state index contributed by atoms with van der Waals surface area (Å²) in [6.45, 7) is 45.6. The van der Waals surface area contributed by atoms with Gasteiger partial charge in [-0.05, 0) is 430 Å². The summed E-state index contributed by atoms with van der Waals surface area (Å²) >= 11 is 0. The first-order chi connectivity index (χ1) is 47.0. The van der Waals surface area contributed by atoms with Crippen LogP contribution in [0.1, 0.15) is 205 Å². The molecule has 0 fully saturated rings. The summed E-state index contributed by atoms with van der Waals surface area (Å²) < 4.78 is 0. The SMILES string of the molecule is CN(C)CCCN(CCCN(C)C)CCCN(CCCCCCC1(CCCCCCN(CCCN(CCCN(C)C)CCCN(C)C)CCCN(CCCN(C)C)CCCN(C)C)c2cc(C(C)(C)C)ccc2-c2ccc(C(C)(C)C)cc21)CCCN(CCCN(C)C)CCCN(C)C. The normalized spacial score (nSPS) is 13.8. The Morgan fingerprint density at radius 2 is 0.384 bits per heavy atom. The molecule has 0 bridgehead atoms. The monoisotopic (exact) mass is 1390 g/mol. The molecule has 0 atom stereocenters. The second kappa shape index (κ2) is 51.2. The van der Waals surface area contributed by atoms with Crippen LogP contribution in [0.5, 0.6) is 0 Å². The molecule has 0 aromatic heterocycles. The summed E-state index contributed by atoms with van der Waals surface area (Å²) in [4.78, 5) is 35.8. The van der Waals surface area contributed by atoms with Crippen molar-refractivity contribution >= 4 is 0 Å². The predicted octanol–water partition coefficient (Wildman–Crippen LogP) is 13.4. The van der Waals surface area contributed by atoms with Gasteiger partial charge in [-0.1, -0.05) is 116 Å². The summed E-state index contributed by atoms with van der Waals surface area (Å²) in [7, 11) is 35.6. The Balaban J connectivity index is 1.90. The van der Waals surface area contributed by atoms with E-state index in [0.29, 0.717) is 0 Å². The molecule has 2 aromatic carbocycles. The highest BCUT2D eigenvalue weighted by atomic mass is 15.2. The lowest BCUT2D eigenvalue weighted by molar-refractivity contribution is 0.193. The topological polar surface area (TPSA) is 45.4 Å². The van der Waals surface area contributed by atoms with E-state index < -0.39 is 0 Å². The second-order valence-electron chi connectivity index (χ2n) is 35.1. The third-order valence-electron chi connectivity index (χ3n) is 21.2. The molecule has 1 aliphatic carbocycles. The van der Waals surface area contributed by atoms with E-state index in [2.05, 4.69) is 259 Å². The molecule has 0 N–H and O–H groups in total. The smallest absolute Gasteiger partial charge is 0.0215 e. The Labute approximate surface area is 617 Å². The quantitative estimate of drug-likeness (QED) is 0.0591. The number of fused-ring (bicyclic) bond motifs is 3. The fourth-order valence-electron chi connectivity index (χ4n) is 15.3. The van der Waals surface area contributed by atoms with Gasteiger partial charge in [-0.25, -0.2) is 0 Å². The molecule has 0 amide bonds. The summed E-state index contributed by atoms with van der Waals surface area (Å²) in [5, 5.41) is 0. The van der Waals surface area contributed by atoms with Gasteiger partial charge in [0.25, 0.3) is 0 Å². The van der Waals surface area contributed by atoms with Crippen molar-refractivity contribution in [3.8, 4) is 11.1 Å². The maximum atomic E-state index is 2.90. The average Bonchev–Trinajstić information content (AvgIpc) is 1.56. The standard InChI is InChI=1S/C85H168N14/c1-83(2,3)77-43-45-79-80-46-44-78(84(4,5)6)76-82(80)85(81(79)75-77,47-27-23-25-29-57-94(67-39-71-96(59-31-49-86(7)8)60-32-50-87(9)10)68-40-72-97(61-33-51-88(11)12)62-34-52-89(13)14)48-28-24-26-30-58-95(69-41-73-98(63-35-53-90(15)16)64-36-54-91(17)18)70-42-74-99(65-37-55-92(19)20)66-38-56-93(21)22/h43-46,75-76H,23-42,47-74H2,1-22H3. The first kappa shape index (κ1) is 91.1. The van der Waals surface area contributed by atoms with Crippen molar-refractivity contribution in [2.45, 2.75) is 199 Å². The summed E-state index contributed by atoms with van der Waals surface area (Å²) in [5.74, 6) is 0. The molecule has 14 nitrogen and oxygen atoms in total. The zero-order valence-electron chi connectivity index (χ0n) is 70.2. The van der Waals surface area contributed by atoms with Crippen LogP contribution >= 0.6 is 0 Å². The number of hydrogen-bond donors (Lipinski definition) is 0. The molecule has 0 radical (unpaired) electrons. The number of unbranched alkanes of at least 4 members (excludes halogenated alkanes) is 6. The van der Waals surface area contributed by atoms with Gasteiger partial charge in [0.05, 0.1) is 0 Å². The van der Waals surface area contributed by atoms with Crippen molar-refractivity contribution in [1.82, 2.24) is 68.6 Å². The van der Waals surface area contributed by atoms with Crippen molar-refractivity contribution in [2.24, 2.45) is 0 Å². The van der Waals surface area contributed by atoms with Gasteiger partial charge in [0, 0.05) is 5.41 Å². The van der Waals surface area contributed by atoms with Crippen LogP contribution < -0.4 is 0 Å². The molecule has 0 spiro atoms. The largest absolute Gasteiger partial charge is 0.309 e. The predicted molar refractivity (Wildman–Crippen MR) is 439 cm³/mol. The van der Waals surface area contributed by atoms with E-state index in [9.17, 15) is 0 Å². The maximum absolute atomic E-state index is 2.90. The van der Waals surface area contributed by atoms with Crippen LogP contribution in [0.2, 0.25) is 0 Å². The Morgan fingerprint density at radius 1 is 0.212 bits per heavy atom. The number of hydrogen-bond acceptors (Lipinski definition) is 14. The average molecular weight is 1390 g/mol. The van der Waals surface area contributed by atoms with Gasteiger partial charge < -0.3 is 68.6 Å². The first-order valence-corrected chi connectivity index (χ1v) is 40.8. The fraction of sp³-hybridized carbons (Fsp3) is 0.859. The molecule has 578 valence electrons. The maximum Gasteiger partial charge on any atom is 0.0215 e. The molecular formula is C85H168N14. The van der Waals surface area contributed by atoms with Crippen LogP contribution in [0.15, 0.2) is 36.4 Å². The van der Waals surface area contributed by atoms with Gasteiger partial charge in [0.15, 0.2) is 0 Å². The highest BCUT2D eigenvalue weighted by Crippen LogP contribution is 2.55. The second-order valence-corrected chi connectivity index (χ2v) is 35.1. The third-order valence-corrected chi connectivity index (χ3v) is 21.2. The van der Waals surface area contributed by atoms with Gasteiger partial charge >= 0.3 is 0 Å². The minimum absolute atomic E-state index is 0.0249. The molecule has 0 heterocycles. The van der Waals surface area contributed by atoms with Crippen molar-refractivity contribution in [3.05, 3.63) is 58.7 Å². The van der Waals surface area contributed by atoms with E-state index in [-0.39, 0.29) is 16.2 Å². The van der Waals surface area contributed by atoms with Crippen LogP contribution in [0.4, 0.5) is 0 Å². The van der Waals surface area contributed by atoms with E-state index in [1.165, 1.54) is 281 Å². The third kappa shape index (κ3) is 40.8.